The fourth-order valence-electron chi connectivity index (χ4n) is 1.59. The number of nitro groups is 1. The number of hydrogen-bond donors (Lipinski definition) is 0. The van der Waals surface area contributed by atoms with Gasteiger partial charge >= 0.3 is 15.6 Å². The predicted octanol–water partition coefficient (Wildman–Crippen LogP) is 2.09. The van der Waals surface area contributed by atoms with Crippen LogP contribution in [0.4, 0.5) is 18.9 Å². The van der Waals surface area contributed by atoms with Gasteiger partial charge in [0.05, 0.1) is 18.1 Å². The first-order valence-corrected chi connectivity index (χ1v) is 7.97. The number of hydrogen-bond acceptors (Lipinski definition) is 8. The largest absolute Gasteiger partial charge is 0.534 e. The summed E-state index contributed by atoms with van der Waals surface area (Å²) in [6.07, 6.45) is 2.27. The monoisotopic (exact) mass is 398 g/mol. The van der Waals surface area contributed by atoms with Gasteiger partial charge in [0.2, 0.25) is 0 Å². The minimum atomic E-state index is -6.09. The highest BCUT2D eigenvalue weighted by atomic mass is 32.2. The predicted molar refractivity (Wildman–Crippen MR) is 82.4 cm³/mol. The zero-order chi connectivity index (χ0) is 20.3. The molecule has 0 amide bonds. The Morgan fingerprint density at radius 2 is 1.85 bits per heavy atom. The first kappa shape index (κ1) is 21.2. The van der Waals surface area contributed by atoms with Crippen molar-refractivity contribution in [1.82, 2.24) is 4.90 Å². The SMILES string of the molecule is COc1cc(C(=O)/C=C\N(C)C)c([N+](=O)[O-])cc1OS(=O)(=O)C(F)(F)F. The van der Waals surface area contributed by atoms with Gasteiger partial charge in [0, 0.05) is 32.4 Å². The van der Waals surface area contributed by atoms with Crippen molar-refractivity contribution in [2.45, 2.75) is 5.51 Å². The molecular formula is C13H13F3N2O7S. The van der Waals surface area contributed by atoms with Crippen LogP contribution in [0.2, 0.25) is 0 Å². The number of carbonyl (C=O) groups is 1. The normalized spacial score (nSPS) is 12.1. The number of nitro benzene ring substituents is 1. The van der Waals surface area contributed by atoms with Gasteiger partial charge in [-0.3, -0.25) is 14.9 Å². The molecule has 9 nitrogen and oxygen atoms in total. The quantitative estimate of drug-likeness (QED) is 0.171. The zero-order valence-corrected chi connectivity index (χ0v) is 14.4. The molecule has 0 radical (unpaired) electrons. The third kappa shape index (κ3) is 4.84. The fourth-order valence-corrected chi connectivity index (χ4v) is 2.06. The molecule has 0 saturated carbocycles. The van der Waals surface area contributed by atoms with Gasteiger partial charge in [-0.2, -0.15) is 21.6 Å². The van der Waals surface area contributed by atoms with Crippen molar-refractivity contribution < 1.29 is 40.2 Å². The Morgan fingerprint density at radius 3 is 2.27 bits per heavy atom. The van der Waals surface area contributed by atoms with E-state index in [1.807, 2.05) is 0 Å². The van der Waals surface area contributed by atoms with Gasteiger partial charge in [-0.15, -0.1) is 0 Å². The molecule has 0 spiro atoms. The van der Waals surface area contributed by atoms with Crippen LogP contribution in [0.15, 0.2) is 24.4 Å². The number of carbonyl (C=O) groups excluding carboxylic acids is 1. The Morgan fingerprint density at radius 1 is 1.27 bits per heavy atom. The number of alkyl halides is 3. The highest BCUT2D eigenvalue weighted by Crippen LogP contribution is 2.38. The maximum absolute atomic E-state index is 12.4. The summed E-state index contributed by atoms with van der Waals surface area (Å²) >= 11 is 0. The maximum Gasteiger partial charge on any atom is 0.534 e. The summed E-state index contributed by atoms with van der Waals surface area (Å²) in [5, 5.41) is 11.1. The van der Waals surface area contributed by atoms with Crippen molar-refractivity contribution in [2.75, 3.05) is 21.2 Å². The number of methoxy groups -OCH3 is 1. The molecule has 26 heavy (non-hydrogen) atoms. The summed E-state index contributed by atoms with van der Waals surface area (Å²) < 4.78 is 68.1. The number of benzene rings is 1. The summed E-state index contributed by atoms with van der Waals surface area (Å²) in [5.41, 5.74) is -7.23. The molecule has 144 valence electrons. The fraction of sp³-hybridized carbons (Fsp3) is 0.308. The molecular weight excluding hydrogens is 385 g/mol. The molecule has 0 N–H and O–H groups in total. The van der Waals surface area contributed by atoms with Crippen LogP contribution >= 0.6 is 0 Å². The van der Waals surface area contributed by atoms with E-state index in [0.29, 0.717) is 6.07 Å². The smallest absolute Gasteiger partial charge is 0.493 e. The number of nitrogens with zero attached hydrogens (tertiary/aromatic N) is 2. The maximum atomic E-state index is 12.4. The van der Waals surface area contributed by atoms with E-state index in [-0.39, 0.29) is 0 Å². The van der Waals surface area contributed by atoms with Crippen LogP contribution in [0.5, 0.6) is 11.5 Å². The van der Waals surface area contributed by atoms with Gasteiger partial charge in [0.25, 0.3) is 5.69 Å². The van der Waals surface area contributed by atoms with E-state index in [1.165, 1.54) is 11.1 Å². The summed E-state index contributed by atoms with van der Waals surface area (Å²) in [5.74, 6) is -2.54. The first-order chi connectivity index (χ1) is 11.8. The molecule has 0 atom stereocenters. The van der Waals surface area contributed by atoms with Crippen LogP contribution in [-0.2, 0) is 10.1 Å². The second-order valence-electron chi connectivity index (χ2n) is 4.90. The van der Waals surface area contributed by atoms with Gasteiger partial charge < -0.3 is 13.8 Å². The van der Waals surface area contributed by atoms with Crippen molar-refractivity contribution in [3.63, 3.8) is 0 Å². The Balaban J connectivity index is 3.52. The van der Waals surface area contributed by atoms with Gasteiger partial charge in [-0.25, -0.2) is 0 Å². The van der Waals surface area contributed by atoms with E-state index in [0.717, 1.165) is 19.3 Å². The first-order valence-electron chi connectivity index (χ1n) is 6.56. The Hall–Kier alpha value is -2.83. The van der Waals surface area contributed by atoms with Crippen LogP contribution in [0.25, 0.3) is 0 Å². The van der Waals surface area contributed by atoms with Crippen molar-refractivity contribution in [3.05, 3.63) is 40.1 Å². The van der Waals surface area contributed by atoms with Gasteiger partial charge in [-0.05, 0) is 0 Å². The lowest BCUT2D eigenvalue weighted by atomic mass is 10.1. The average Bonchev–Trinajstić information content (AvgIpc) is 2.50. The van der Waals surface area contributed by atoms with Gasteiger partial charge in [-0.1, -0.05) is 0 Å². The zero-order valence-electron chi connectivity index (χ0n) is 13.6. The van der Waals surface area contributed by atoms with E-state index in [9.17, 15) is 36.5 Å². The van der Waals surface area contributed by atoms with Crippen LogP contribution in [0.3, 0.4) is 0 Å². The summed E-state index contributed by atoms with van der Waals surface area (Å²) in [6.45, 7) is 0. The van der Waals surface area contributed by atoms with Gasteiger partial charge in [0.1, 0.15) is 5.56 Å². The highest BCUT2D eigenvalue weighted by Gasteiger charge is 2.49. The molecule has 0 aliphatic heterocycles. The van der Waals surface area contributed by atoms with E-state index in [4.69, 9.17) is 0 Å². The van der Waals surface area contributed by atoms with Crippen LogP contribution < -0.4 is 8.92 Å². The number of halogens is 3. The summed E-state index contributed by atoms with van der Waals surface area (Å²) in [4.78, 5) is 23.6. The molecule has 0 unspecified atom stereocenters. The lowest BCUT2D eigenvalue weighted by Crippen LogP contribution is -2.28. The summed E-state index contributed by atoms with van der Waals surface area (Å²) in [7, 11) is -1.97. The molecule has 0 aromatic heterocycles. The number of ether oxygens (including phenoxy) is 1. The van der Waals surface area contributed by atoms with Crippen LogP contribution in [0.1, 0.15) is 10.4 Å². The van der Waals surface area contributed by atoms with Crippen LogP contribution in [0, 0.1) is 10.1 Å². The topological polar surface area (TPSA) is 116 Å². The number of ketones is 1. The molecule has 1 aromatic carbocycles. The number of allylic oxidation sites excluding steroid dienone is 1. The Bertz CT molecular complexity index is 848. The van der Waals surface area contributed by atoms with Crippen molar-refractivity contribution in [3.8, 4) is 11.5 Å². The van der Waals surface area contributed by atoms with Crippen molar-refractivity contribution in [2.24, 2.45) is 0 Å². The second-order valence-corrected chi connectivity index (χ2v) is 6.44. The summed E-state index contributed by atoms with van der Waals surface area (Å²) in [6, 6.07) is 1.10. The second kappa shape index (κ2) is 7.59. The molecule has 0 bridgehead atoms. The molecule has 0 heterocycles. The number of rotatable bonds is 7. The van der Waals surface area contributed by atoms with Crippen LogP contribution in [-0.4, -0.2) is 50.7 Å². The molecule has 0 fully saturated rings. The molecule has 0 aliphatic carbocycles. The molecule has 1 aromatic rings. The minimum absolute atomic E-state index is 0.374. The Labute approximate surface area is 145 Å². The van der Waals surface area contributed by atoms with Gasteiger partial charge in [0.15, 0.2) is 17.3 Å². The molecule has 13 heteroatoms. The third-order valence-corrected chi connectivity index (χ3v) is 3.72. The van der Waals surface area contributed by atoms with E-state index >= 15 is 0 Å². The third-order valence-electron chi connectivity index (χ3n) is 2.75. The molecule has 1 rings (SSSR count). The molecule has 0 aliphatic rings. The van der Waals surface area contributed by atoms with Crippen molar-refractivity contribution in [1.29, 1.82) is 0 Å². The molecule has 0 saturated heterocycles. The lowest BCUT2D eigenvalue weighted by Gasteiger charge is -2.13. The lowest BCUT2D eigenvalue weighted by molar-refractivity contribution is -0.385. The highest BCUT2D eigenvalue weighted by molar-refractivity contribution is 7.88. The van der Waals surface area contributed by atoms with E-state index in [1.54, 1.807) is 14.1 Å². The van der Waals surface area contributed by atoms with E-state index in [2.05, 4.69) is 8.92 Å². The average molecular weight is 398 g/mol. The standard InChI is InChI=1S/C13H13F3N2O7S/c1-17(2)5-4-10(19)8-6-11(24-3)12(7-9(8)18(20)21)25-26(22,23)13(14,15)16/h4-7H,1-3H3/b5-4-. The van der Waals surface area contributed by atoms with E-state index < -0.39 is 49.1 Å². The minimum Gasteiger partial charge on any atom is -0.493 e. The van der Waals surface area contributed by atoms with Crippen molar-refractivity contribution >= 4 is 21.6 Å². The Kier molecular flexibility index (Phi) is 6.20.